The standard InChI is InChI=1S/C21H30N2O4.C16H24N2O4.C13H17NO4.C9H12N2O.C9H11NO2/c1-13-9-14(2)19(21(25)23-11-17-5-4-7-27-17)15(3)18(13)20(24)22-10-16-6-8-26-12-16;1-15(2,9-19)17-13(21)11-6-5-7-12(8-11)14(22)18-16(3,4)10-20;15-7-2-5-12(17)10-3-1-4-11(9-10)13(18)14-6-8-16;10-6-7-11-9(12)8-4-2-1-3-5-8;11-7-6-10-9(12)8-4-2-1-3-5-8/h9,16-17H,4-8,10-12H2,1-3H3,(H,22,24)(H,23,25);5-8,19-20H,9-10H2,1-4H3,(H,17,21)(H,18,22);1,3-4,9,15-16H,2,5-8H2,(H,14,18);1-5H,6-7,10H2,(H,11,12);1-5,11H,6-7H2,(H,10,12). The molecule has 23 nitrogen and oxygen atoms in total. The van der Waals surface area contributed by atoms with Crippen LogP contribution in [0.5, 0.6) is 0 Å². The van der Waals surface area contributed by atoms with Crippen molar-refractivity contribution in [1.29, 1.82) is 0 Å². The van der Waals surface area contributed by atoms with E-state index in [2.05, 4.69) is 37.2 Å². The molecule has 2 heterocycles. The minimum Gasteiger partial charge on any atom is -0.396 e. The zero-order chi connectivity index (χ0) is 67.4. The van der Waals surface area contributed by atoms with Gasteiger partial charge in [0.15, 0.2) is 5.78 Å². The van der Waals surface area contributed by atoms with Crippen LogP contribution in [0.3, 0.4) is 0 Å². The molecule has 2 aliphatic heterocycles. The smallest absolute Gasteiger partial charge is 0.251 e. The molecule has 14 N–H and O–H groups in total. The first-order valence-corrected chi connectivity index (χ1v) is 30.4. The summed E-state index contributed by atoms with van der Waals surface area (Å²) in [4.78, 5) is 95.6. The maximum atomic E-state index is 12.8. The molecule has 2 atom stereocenters. The molecule has 2 saturated heterocycles. The largest absolute Gasteiger partial charge is 0.396 e. The van der Waals surface area contributed by atoms with Crippen LogP contribution in [-0.4, -0.2) is 182 Å². The molecule has 0 spiro atoms. The van der Waals surface area contributed by atoms with Gasteiger partial charge in [-0.15, -0.1) is 0 Å². The first kappa shape index (κ1) is 77.0. The Bertz CT molecular complexity index is 2900. The SMILES string of the molecule is CC(C)(CO)NC(=O)c1cccc(C(=O)NC(C)(C)CO)c1.Cc1cc(C)c(C(=O)NCC2CCCO2)c(C)c1C(=O)NCC1CCOC1.NCCNC(=O)c1ccccc1.O=C(CCCO)c1cccc(C(=O)NCCO)c1.O=C(NCCO)c1ccccc1. The number of benzene rings is 5. The summed E-state index contributed by atoms with van der Waals surface area (Å²) in [5, 5.41) is 63.2. The summed E-state index contributed by atoms with van der Waals surface area (Å²) in [6.45, 7) is 16.7. The molecule has 496 valence electrons. The Kier molecular flexibility index (Phi) is 34.8. The van der Waals surface area contributed by atoms with Crippen LogP contribution in [0.25, 0.3) is 0 Å². The summed E-state index contributed by atoms with van der Waals surface area (Å²) in [6, 6.07) is 32.6. The van der Waals surface area contributed by atoms with Gasteiger partial charge in [-0.2, -0.15) is 0 Å². The van der Waals surface area contributed by atoms with E-state index in [9.17, 15) is 48.6 Å². The van der Waals surface area contributed by atoms with Crippen LogP contribution in [0.2, 0.25) is 0 Å². The van der Waals surface area contributed by atoms with Gasteiger partial charge >= 0.3 is 0 Å². The van der Waals surface area contributed by atoms with Crippen LogP contribution in [-0.2, 0) is 9.47 Å². The van der Waals surface area contributed by atoms with Gasteiger partial charge < -0.3 is 78.0 Å². The van der Waals surface area contributed by atoms with E-state index >= 15 is 0 Å². The van der Waals surface area contributed by atoms with Gasteiger partial charge in [0, 0.05) is 116 Å². The van der Waals surface area contributed by atoms with E-state index in [1.807, 2.05) is 51.1 Å². The van der Waals surface area contributed by atoms with E-state index in [0.717, 1.165) is 49.2 Å². The molecule has 2 aliphatic rings. The van der Waals surface area contributed by atoms with Crippen LogP contribution in [0.1, 0.15) is 159 Å². The summed E-state index contributed by atoms with van der Waals surface area (Å²) >= 11 is 0. The maximum Gasteiger partial charge on any atom is 0.251 e. The summed E-state index contributed by atoms with van der Waals surface area (Å²) < 4.78 is 10.9. The lowest BCUT2D eigenvalue weighted by atomic mass is 9.92. The van der Waals surface area contributed by atoms with E-state index in [1.165, 1.54) is 12.1 Å². The van der Waals surface area contributed by atoms with Gasteiger partial charge in [-0.3, -0.25) is 38.4 Å². The number of ketones is 1. The van der Waals surface area contributed by atoms with Crippen molar-refractivity contribution < 1.29 is 73.4 Å². The summed E-state index contributed by atoms with van der Waals surface area (Å²) in [6.07, 6.45) is 3.77. The van der Waals surface area contributed by atoms with Crippen LogP contribution in [0, 0.1) is 26.7 Å². The molecule has 0 saturated carbocycles. The number of aryl methyl sites for hydroxylation is 2. The highest BCUT2D eigenvalue weighted by atomic mass is 16.5. The molecule has 7 amide bonds. The Labute approximate surface area is 533 Å². The molecule has 5 aromatic rings. The van der Waals surface area contributed by atoms with E-state index in [-0.39, 0.29) is 99.2 Å². The second kappa shape index (κ2) is 41.2. The van der Waals surface area contributed by atoms with Crippen molar-refractivity contribution in [2.45, 2.75) is 97.8 Å². The normalized spacial score (nSPS) is 13.9. The zero-order valence-corrected chi connectivity index (χ0v) is 53.5. The number of hydrogen-bond donors (Lipinski definition) is 13. The van der Waals surface area contributed by atoms with Gasteiger partial charge in [-0.25, -0.2) is 0 Å². The summed E-state index contributed by atoms with van der Waals surface area (Å²) in [7, 11) is 0. The Hall–Kier alpha value is -8.26. The van der Waals surface area contributed by atoms with E-state index in [1.54, 1.807) is 100 Å². The van der Waals surface area contributed by atoms with Gasteiger partial charge in [0.05, 0.1) is 50.2 Å². The van der Waals surface area contributed by atoms with Gasteiger partial charge in [0.1, 0.15) is 0 Å². The average Bonchev–Trinajstić information content (AvgIpc) is 1.30. The second-order valence-corrected chi connectivity index (χ2v) is 22.8. The van der Waals surface area contributed by atoms with Gasteiger partial charge in [-0.1, -0.05) is 60.7 Å². The fourth-order valence-corrected chi connectivity index (χ4v) is 8.92. The quantitative estimate of drug-likeness (QED) is 0.0366. The molecular formula is C68H94N8O15. The fourth-order valence-electron chi connectivity index (χ4n) is 8.92. The topological polar surface area (TPSA) is 366 Å². The number of nitrogens with one attached hydrogen (secondary N) is 7. The number of Topliss-reactive ketones (excluding diaryl/α,β-unsaturated/α-hetero) is 1. The predicted molar refractivity (Wildman–Crippen MR) is 347 cm³/mol. The van der Waals surface area contributed by atoms with Crippen LogP contribution in [0.15, 0.2) is 115 Å². The number of aliphatic hydroxyl groups excluding tert-OH is 5. The Morgan fingerprint density at radius 3 is 1.36 bits per heavy atom. The number of nitrogens with two attached hydrogens (primary N) is 1. The monoisotopic (exact) mass is 1260 g/mol. The highest BCUT2D eigenvalue weighted by Gasteiger charge is 2.26. The van der Waals surface area contributed by atoms with Gasteiger partial charge in [-0.05, 0) is 145 Å². The first-order valence-electron chi connectivity index (χ1n) is 30.4. The summed E-state index contributed by atoms with van der Waals surface area (Å²) in [5.41, 5.74) is 10.2. The molecule has 0 bridgehead atoms. The Balaban J connectivity index is 0.000000307. The lowest BCUT2D eigenvalue weighted by molar-refractivity contribution is 0.0852. The molecule has 0 aromatic heterocycles. The molecule has 91 heavy (non-hydrogen) atoms. The van der Waals surface area contributed by atoms with Crippen molar-refractivity contribution in [1.82, 2.24) is 37.2 Å². The van der Waals surface area contributed by atoms with Crippen molar-refractivity contribution in [3.8, 4) is 0 Å². The molecule has 2 unspecified atom stereocenters. The Morgan fingerprint density at radius 2 is 0.934 bits per heavy atom. The van der Waals surface area contributed by atoms with Crippen molar-refractivity contribution in [3.05, 3.63) is 176 Å². The van der Waals surface area contributed by atoms with Crippen molar-refractivity contribution >= 4 is 47.1 Å². The maximum absolute atomic E-state index is 12.8. The number of amides is 7. The number of aliphatic hydroxyl groups is 5. The van der Waals surface area contributed by atoms with E-state index in [4.69, 9.17) is 30.5 Å². The third-order valence-electron chi connectivity index (χ3n) is 13.9. The lowest BCUT2D eigenvalue weighted by Crippen LogP contribution is -2.47. The minimum atomic E-state index is -0.742. The predicted octanol–water partition coefficient (Wildman–Crippen LogP) is 4.12. The van der Waals surface area contributed by atoms with Crippen LogP contribution >= 0.6 is 0 Å². The Morgan fingerprint density at radius 1 is 0.495 bits per heavy atom. The molecule has 5 aromatic carbocycles. The highest BCUT2D eigenvalue weighted by molar-refractivity contribution is 6.04. The third kappa shape index (κ3) is 28.2. The third-order valence-corrected chi connectivity index (χ3v) is 13.9. The van der Waals surface area contributed by atoms with Crippen molar-refractivity contribution in [2.24, 2.45) is 11.7 Å². The summed E-state index contributed by atoms with van der Waals surface area (Å²) in [5.74, 6) is -1.25. The number of rotatable bonds is 25. The van der Waals surface area contributed by atoms with Gasteiger partial charge in [0.2, 0.25) is 0 Å². The van der Waals surface area contributed by atoms with E-state index in [0.29, 0.717) is 96.2 Å². The minimum absolute atomic E-state index is 0.0254. The second-order valence-electron chi connectivity index (χ2n) is 22.8. The molecule has 23 heteroatoms. The van der Waals surface area contributed by atoms with Crippen molar-refractivity contribution in [2.75, 3.05) is 92.1 Å². The zero-order valence-electron chi connectivity index (χ0n) is 53.5. The average molecular weight is 1260 g/mol. The lowest BCUT2D eigenvalue weighted by Gasteiger charge is -2.24. The molecule has 0 radical (unpaired) electrons. The molecule has 0 aliphatic carbocycles. The molecule has 2 fully saturated rings. The highest BCUT2D eigenvalue weighted by Crippen LogP contribution is 2.24. The van der Waals surface area contributed by atoms with Crippen LogP contribution in [0.4, 0.5) is 0 Å². The number of carbonyl (C=O) groups excluding carboxylic acids is 8. The molecular weight excluding hydrogens is 1170 g/mol. The fraction of sp³-hybridized carbons (Fsp3) is 0.441. The number of hydrogen-bond acceptors (Lipinski definition) is 16. The van der Waals surface area contributed by atoms with Crippen LogP contribution < -0.4 is 43.0 Å². The van der Waals surface area contributed by atoms with Crippen molar-refractivity contribution in [3.63, 3.8) is 0 Å². The first-order chi connectivity index (χ1) is 43.4. The number of ether oxygens (including phenoxy) is 2. The van der Waals surface area contributed by atoms with Gasteiger partial charge in [0.25, 0.3) is 41.4 Å². The van der Waals surface area contributed by atoms with E-state index < -0.39 is 11.1 Å². The number of carbonyl (C=O) groups is 8. The molecule has 7 rings (SSSR count).